The predicted octanol–water partition coefficient (Wildman–Crippen LogP) is 5.30. The van der Waals surface area contributed by atoms with Gasteiger partial charge in [0.15, 0.2) is 0 Å². The second-order valence-corrected chi connectivity index (χ2v) is 7.96. The minimum Gasteiger partial charge on any atom is -0.477 e. The predicted molar refractivity (Wildman–Crippen MR) is 122 cm³/mol. The summed E-state index contributed by atoms with van der Waals surface area (Å²) < 4.78 is 4.58. The standard InChI is InChI=1S/C24H17N3O4S/c1-31-24(30)27-20-12-17(8-9-26-20)21-19(13-25)18(22(32-21)23(28)29)11-14-6-7-15-4-2-3-5-16(15)10-14/h2-10,12H,11H2,1H3,(H,28,29)(H,26,27,30). The van der Waals surface area contributed by atoms with Crippen molar-refractivity contribution in [1.82, 2.24) is 4.98 Å². The second kappa shape index (κ2) is 8.88. The fraction of sp³-hybridized carbons (Fsp3) is 0.0833. The molecule has 0 saturated carbocycles. The van der Waals surface area contributed by atoms with E-state index in [1.54, 1.807) is 12.1 Å². The number of rotatable bonds is 5. The van der Waals surface area contributed by atoms with E-state index in [2.05, 4.69) is 21.1 Å². The van der Waals surface area contributed by atoms with Crippen LogP contribution < -0.4 is 5.32 Å². The zero-order chi connectivity index (χ0) is 22.7. The van der Waals surface area contributed by atoms with Crippen LogP contribution in [0.1, 0.15) is 26.4 Å². The van der Waals surface area contributed by atoms with Gasteiger partial charge in [-0.2, -0.15) is 5.26 Å². The number of carbonyl (C=O) groups excluding carboxylic acids is 1. The number of amides is 1. The number of methoxy groups -OCH3 is 1. The lowest BCUT2D eigenvalue weighted by Crippen LogP contribution is -2.11. The lowest BCUT2D eigenvalue weighted by atomic mass is 9.97. The lowest BCUT2D eigenvalue weighted by Gasteiger charge is -2.06. The number of aromatic carboxylic acids is 1. The fourth-order valence-corrected chi connectivity index (χ4v) is 4.58. The number of nitriles is 1. The third-order valence-corrected chi connectivity index (χ3v) is 6.21. The minimum absolute atomic E-state index is 0.115. The number of hydrogen-bond donors (Lipinski definition) is 2. The molecule has 32 heavy (non-hydrogen) atoms. The number of benzene rings is 2. The number of fused-ring (bicyclic) bond motifs is 1. The van der Waals surface area contributed by atoms with E-state index in [9.17, 15) is 20.0 Å². The van der Waals surface area contributed by atoms with Gasteiger partial charge >= 0.3 is 12.1 Å². The molecule has 0 aliphatic carbocycles. The van der Waals surface area contributed by atoms with Crippen molar-refractivity contribution in [2.24, 2.45) is 0 Å². The van der Waals surface area contributed by atoms with Crippen molar-refractivity contribution >= 4 is 40.0 Å². The Labute approximate surface area is 187 Å². The Morgan fingerprint density at radius 3 is 2.66 bits per heavy atom. The molecule has 0 saturated heterocycles. The lowest BCUT2D eigenvalue weighted by molar-refractivity contribution is 0.0701. The zero-order valence-electron chi connectivity index (χ0n) is 17.0. The molecule has 4 aromatic rings. The molecule has 4 rings (SSSR count). The van der Waals surface area contributed by atoms with Gasteiger partial charge < -0.3 is 9.84 Å². The molecule has 0 bridgehead atoms. The number of nitrogens with zero attached hydrogens (tertiary/aromatic N) is 2. The molecule has 0 unspecified atom stereocenters. The van der Waals surface area contributed by atoms with Crippen molar-refractivity contribution in [3.63, 3.8) is 0 Å². The third kappa shape index (κ3) is 4.15. The molecule has 2 aromatic heterocycles. The average molecular weight is 443 g/mol. The topological polar surface area (TPSA) is 112 Å². The summed E-state index contributed by atoms with van der Waals surface area (Å²) in [5.74, 6) is -0.852. The summed E-state index contributed by atoms with van der Waals surface area (Å²) in [7, 11) is 1.24. The number of nitrogens with one attached hydrogen (secondary N) is 1. The molecule has 7 nitrogen and oxygen atoms in total. The summed E-state index contributed by atoms with van der Waals surface area (Å²) >= 11 is 1.03. The van der Waals surface area contributed by atoms with Crippen molar-refractivity contribution in [3.05, 3.63) is 82.4 Å². The van der Waals surface area contributed by atoms with Gasteiger partial charge in [0.05, 0.1) is 17.6 Å². The quantitative estimate of drug-likeness (QED) is 0.433. The van der Waals surface area contributed by atoms with Crippen molar-refractivity contribution in [2.45, 2.75) is 6.42 Å². The van der Waals surface area contributed by atoms with Crippen LogP contribution in [-0.4, -0.2) is 29.3 Å². The van der Waals surface area contributed by atoms with Crippen LogP contribution in [0.5, 0.6) is 0 Å². The maximum absolute atomic E-state index is 12.0. The Morgan fingerprint density at radius 2 is 1.94 bits per heavy atom. The summed E-state index contributed by atoms with van der Waals surface area (Å²) in [5.41, 5.74) is 2.26. The number of ether oxygens (including phenoxy) is 1. The van der Waals surface area contributed by atoms with Gasteiger partial charge in [-0.05, 0) is 34.0 Å². The van der Waals surface area contributed by atoms with Crippen LogP contribution >= 0.6 is 11.3 Å². The number of pyridine rings is 1. The Balaban J connectivity index is 1.78. The minimum atomic E-state index is -1.09. The molecule has 2 N–H and O–H groups in total. The molecule has 158 valence electrons. The molecule has 0 fully saturated rings. The highest BCUT2D eigenvalue weighted by Crippen LogP contribution is 2.38. The van der Waals surface area contributed by atoms with Gasteiger partial charge in [-0.15, -0.1) is 11.3 Å². The summed E-state index contributed by atoms with van der Waals surface area (Å²) in [4.78, 5) is 28.2. The first-order chi connectivity index (χ1) is 15.5. The molecule has 2 aromatic carbocycles. The van der Waals surface area contributed by atoms with Crippen molar-refractivity contribution in [2.75, 3.05) is 12.4 Å². The second-order valence-electron chi connectivity index (χ2n) is 6.94. The summed E-state index contributed by atoms with van der Waals surface area (Å²) in [5, 5.41) is 24.3. The molecule has 2 heterocycles. The van der Waals surface area contributed by atoms with Gasteiger partial charge in [0.25, 0.3) is 0 Å². The summed E-state index contributed by atoms with van der Waals surface area (Å²) in [6.45, 7) is 0. The first-order valence-electron chi connectivity index (χ1n) is 9.58. The first-order valence-corrected chi connectivity index (χ1v) is 10.4. The van der Waals surface area contributed by atoms with Crippen molar-refractivity contribution in [1.29, 1.82) is 5.26 Å². The average Bonchev–Trinajstić information content (AvgIpc) is 3.17. The Bertz CT molecular complexity index is 1390. The summed E-state index contributed by atoms with van der Waals surface area (Å²) in [6, 6.07) is 19.3. The van der Waals surface area contributed by atoms with Gasteiger partial charge in [-0.25, -0.2) is 14.6 Å². The smallest absolute Gasteiger partial charge is 0.412 e. The van der Waals surface area contributed by atoms with Gasteiger partial charge in [0, 0.05) is 18.2 Å². The van der Waals surface area contributed by atoms with Crippen LogP contribution in [0.4, 0.5) is 10.6 Å². The number of aromatic nitrogens is 1. The molecule has 1 amide bonds. The van der Waals surface area contributed by atoms with Crippen LogP contribution in [-0.2, 0) is 11.2 Å². The van der Waals surface area contributed by atoms with Crippen LogP contribution in [0, 0.1) is 11.3 Å². The van der Waals surface area contributed by atoms with Crippen LogP contribution in [0.2, 0.25) is 0 Å². The first kappa shape index (κ1) is 21.0. The van der Waals surface area contributed by atoms with E-state index >= 15 is 0 Å². The Kier molecular flexibility index (Phi) is 5.83. The van der Waals surface area contributed by atoms with Gasteiger partial charge in [-0.3, -0.25) is 5.32 Å². The highest BCUT2D eigenvalue weighted by Gasteiger charge is 2.24. The molecule has 0 radical (unpaired) electrons. The molecular weight excluding hydrogens is 426 g/mol. The van der Waals surface area contributed by atoms with Crippen molar-refractivity contribution < 1.29 is 19.4 Å². The van der Waals surface area contributed by atoms with Gasteiger partial charge in [0.2, 0.25) is 0 Å². The number of thiophene rings is 1. The van der Waals surface area contributed by atoms with E-state index in [1.165, 1.54) is 13.3 Å². The van der Waals surface area contributed by atoms with E-state index < -0.39 is 12.1 Å². The monoisotopic (exact) mass is 443 g/mol. The zero-order valence-corrected chi connectivity index (χ0v) is 17.8. The highest BCUT2D eigenvalue weighted by molar-refractivity contribution is 7.17. The number of carbonyl (C=O) groups is 2. The molecule has 0 aliphatic rings. The van der Waals surface area contributed by atoms with Gasteiger partial charge in [-0.1, -0.05) is 42.5 Å². The van der Waals surface area contributed by atoms with E-state index in [0.29, 0.717) is 28.0 Å². The maximum atomic E-state index is 12.0. The fourth-order valence-electron chi connectivity index (χ4n) is 3.48. The van der Waals surface area contributed by atoms with Gasteiger partial charge in [0.1, 0.15) is 16.8 Å². The highest BCUT2D eigenvalue weighted by atomic mass is 32.1. The van der Waals surface area contributed by atoms with Crippen molar-refractivity contribution in [3.8, 4) is 16.5 Å². The maximum Gasteiger partial charge on any atom is 0.412 e. The number of hydrogen-bond acceptors (Lipinski definition) is 6. The number of carboxylic acids is 1. The molecule has 8 heteroatoms. The molecule has 0 aliphatic heterocycles. The van der Waals surface area contributed by atoms with Crippen LogP contribution in [0.15, 0.2) is 60.8 Å². The molecule has 0 atom stereocenters. The van der Waals surface area contributed by atoms with Crippen LogP contribution in [0.25, 0.3) is 21.2 Å². The number of carboxylic acid groups (broad SMARTS) is 1. The van der Waals surface area contributed by atoms with Crippen LogP contribution in [0.3, 0.4) is 0 Å². The number of anilines is 1. The van der Waals surface area contributed by atoms with E-state index in [-0.39, 0.29) is 10.7 Å². The SMILES string of the molecule is COC(=O)Nc1cc(-c2sc(C(=O)O)c(Cc3ccc4ccccc4c3)c2C#N)ccn1. The molecule has 0 spiro atoms. The Morgan fingerprint density at radius 1 is 1.16 bits per heavy atom. The molecular formula is C24H17N3O4S. The van der Waals surface area contributed by atoms with E-state index in [1.807, 2.05) is 42.5 Å². The normalized spacial score (nSPS) is 10.5. The van der Waals surface area contributed by atoms with E-state index in [0.717, 1.165) is 27.7 Å². The third-order valence-electron chi connectivity index (χ3n) is 4.95. The largest absolute Gasteiger partial charge is 0.477 e. The Hall–Kier alpha value is -4.22. The summed E-state index contributed by atoms with van der Waals surface area (Å²) in [6.07, 6.45) is 1.11. The van der Waals surface area contributed by atoms with E-state index in [4.69, 9.17) is 0 Å².